The van der Waals surface area contributed by atoms with E-state index in [1.54, 1.807) is 0 Å². The van der Waals surface area contributed by atoms with Crippen molar-refractivity contribution >= 4 is 11.9 Å². The summed E-state index contributed by atoms with van der Waals surface area (Å²) in [6.07, 6.45) is 3.32. The van der Waals surface area contributed by atoms with Crippen LogP contribution in [0.25, 0.3) is 0 Å². The van der Waals surface area contributed by atoms with Crippen molar-refractivity contribution in [3.8, 4) is 0 Å². The van der Waals surface area contributed by atoms with Crippen LogP contribution in [0.1, 0.15) is 25.7 Å². The molecule has 0 saturated carbocycles. The van der Waals surface area contributed by atoms with E-state index < -0.39 is 5.97 Å². The monoisotopic (exact) mass is 215 g/mol. The minimum atomic E-state index is -0.983. The van der Waals surface area contributed by atoms with Crippen LogP contribution in [0, 0.1) is 0 Å². The molecule has 0 aromatic heterocycles. The molecule has 15 heavy (non-hydrogen) atoms. The first-order valence-corrected chi connectivity index (χ1v) is 5.17. The highest BCUT2D eigenvalue weighted by atomic mass is 16.5. The average molecular weight is 215 g/mol. The van der Waals surface area contributed by atoms with E-state index in [-0.39, 0.29) is 18.6 Å². The van der Waals surface area contributed by atoms with E-state index in [4.69, 9.17) is 9.84 Å². The Balaban J connectivity index is 2.19. The maximum atomic E-state index is 11.4. The number of aliphatic carboxylic acids is 1. The second-order valence-electron chi connectivity index (χ2n) is 3.82. The molecule has 1 N–H and O–H groups in total. The highest BCUT2D eigenvalue weighted by molar-refractivity contribution is 5.80. The summed E-state index contributed by atoms with van der Waals surface area (Å²) in [5.41, 5.74) is 0. The molecule has 1 aliphatic rings. The Labute approximate surface area is 89.0 Å². The molecule has 0 bridgehead atoms. The van der Waals surface area contributed by atoms with Crippen LogP contribution >= 0.6 is 0 Å². The molecule has 1 atom stereocenters. The third kappa shape index (κ3) is 4.29. The Hall–Kier alpha value is -1.10. The van der Waals surface area contributed by atoms with Gasteiger partial charge in [-0.15, -0.1) is 0 Å². The Morgan fingerprint density at radius 2 is 2.27 bits per heavy atom. The van der Waals surface area contributed by atoms with E-state index in [2.05, 4.69) is 0 Å². The SMILES string of the molecule is CN(CC(=O)O)C(=O)CCC1CCCO1. The standard InChI is InChI=1S/C10H17NO4/c1-11(7-10(13)14)9(12)5-4-8-3-2-6-15-8/h8H,2-7H2,1H3,(H,13,14). The summed E-state index contributed by atoms with van der Waals surface area (Å²) in [7, 11) is 1.51. The quantitative estimate of drug-likeness (QED) is 0.724. The van der Waals surface area contributed by atoms with Gasteiger partial charge in [0.25, 0.3) is 0 Å². The molecule has 1 rings (SSSR count). The number of carbonyl (C=O) groups excluding carboxylic acids is 1. The molecule has 86 valence electrons. The highest BCUT2D eigenvalue weighted by Crippen LogP contribution is 2.17. The first-order valence-electron chi connectivity index (χ1n) is 5.17. The zero-order valence-corrected chi connectivity index (χ0v) is 8.94. The molecule has 1 unspecified atom stereocenters. The fourth-order valence-electron chi connectivity index (χ4n) is 1.64. The normalized spacial score (nSPS) is 20.2. The lowest BCUT2D eigenvalue weighted by atomic mass is 10.1. The molecule has 5 heteroatoms. The summed E-state index contributed by atoms with van der Waals surface area (Å²) in [5.74, 6) is -1.11. The van der Waals surface area contributed by atoms with Crippen molar-refractivity contribution in [1.82, 2.24) is 4.90 Å². The number of carboxylic acids is 1. The molecule has 0 aromatic rings. The molecule has 0 spiro atoms. The second-order valence-corrected chi connectivity index (χ2v) is 3.82. The second kappa shape index (κ2) is 5.70. The van der Waals surface area contributed by atoms with Gasteiger partial charge >= 0.3 is 5.97 Å². The van der Waals surface area contributed by atoms with Crippen LogP contribution in [0.4, 0.5) is 0 Å². The number of amides is 1. The van der Waals surface area contributed by atoms with E-state index in [1.165, 1.54) is 11.9 Å². The van der Waals surface area contributed by atoms with Gasteiger partial charge in [-0.25, -0.2) is 0 Å². The van der Waals surface area contributed by atoms with Crippen LogP contribution in [-0.4, -0.2) is 48.2 Å². The number of nitrogens with zero attached hydrogens (tertiary/aromatic N) is 1. The zero-order chi connectivity index (χ0) is 11.3. The third-order valence-corrected chi connectivity index (χ3v) is 2.50. The maximum Gasteiger partial charge on any atom is 0.323 e. The fourth-order valence-corrected chi connectivity index (χ4v) is 1.64. The molecule has 0 radical (unpaired) electrons. The molecule has 1 aliphatic heterocycles. The highest BCUT2D eigenvalue weighted by Gasteiger charge is 2.18. The predicted octanol–water partition coefficient (Wildman–Crippen LogP) is 0.489. The number of rotatable bonds is 5. The molecule has 0 aromatic carbocycles. The van der Waals surface area contributed by atoms with Crippen molar-refractivity contribution in [2.45, 2.75) is 31.8 Å². The lowest BCUT2D eigenvalue weighted by Gasteiger charge is -2.15. The molecular weight excluding hydrogens is 198 g/mol. The van der Waals surface area contributed by atoms with Gasteiger partial charge in [-0.2, -0.15) is 0 Å². The van der Waals surface area contributed by atoms with Crippen molar-refractivity contribution in [2.75, 3.05) is 20.2 Å². The number of likely N-dealkylation sites (N-methyl/N-ethyl adjacent to an activating group) is 1. The van der Waals surface area contributed by atoms with E-state index in [0.717, 1.165) is 19.4 Å². The summed E-state index contributed by atoms with van der Waals surface area (Å²) >= 11 is 0. The zero-order valence-electron chi connectivity index (χ0n) is 8.94. The van der Waals surface area contributed by atoms with Crippen LogP contribution in [0.3, 0.4) is 0 Å². The first kappa shape index (κ1) is 12.0. The minimum Gasteiger partial charge on any atom is -0.480 e. The Morgan fingerprint density at radius 3 is 2.80 bits per heavy atom. The lowest BCUT2D eigenvalue weighted by Crippen LogP contribution is -2.32. The van der Waals surface area contributed by atoms with E-state index in [1.807, 2.05) is 0 Å². The van der Waals surface area contributed by atoms with Gasteiger partial charge in [-0.1, -0.05) is 0 Å². The fraction of sp³-hybridized carbons (Fsp3) is 0.800. The van der Waals surface area contributed by atoms with Crippen molar-refractivity contribution in [1.29, 1.82) is 0 Å². The van der Waals surface area contributed by atoms with Crippen LogP contribution < -0.4 is 0 Å². The number of carboxylic acid groups (broad SMARTS) is 1. The van der Waals surface area contributed by atoms with Gasteiger partial charge in [-0.05, 0) is 19.3 Å². The first-order chi connectivity index (χ1) is 7.09. The predicted molar refractivity (Wildman–Crippen MR) is 53.5 cm³/mol. The Morgan fingerprint density at radius 1 is 1.53 bits per heavy atom. The van der Waals surface area contributed by atoms with Crippen molar-refractivity contribution in [2.24, 2.45) is 0 Å². The number of ether oxygens (including phenoxy) is 1. The largest absolute Gasteiger partial charge is 0.480 e. The van der Waals surface area contributed by atoms with E-state index >= 15 is 0 Å². The summed E-state index contributed by atoms with van der Waals surface area (Å²) in [6, 6.07) is 0. The van der Waals surface area contributed by atoms with Crippen molar-refractivity contribution in [3.63, 3.8) is 0 Å². The molecule has 0 aliphatic carbocycles. The average Bonchev–Trinajstić information content (AvgIpc) is 2.65. The summed E-state index contributed by atoms with van der Waals surface area (Å²) < 4.78 is 5.38. The van der Waals surface area contributed by atoms with Gasteiger partial charge in [0.2, 0.25) is 5.91 Å². The van der Waals surface area contributed by atoms with E-state index in [9.17, 15) is 9.59 Å². The third-order valence-electron chi connectivity index (χ3n) is 2.50. The van der Waals surface area contributed by atoms with Crippen LogP contribution in [0.5, 0.6) is 0 Å². The number of carbonyl (C=O) groups is 2. The Bertz CT molecular complexity index is 236. The number of hydrogen-bond donors (Lipinski definition) is 1. The Kier molecular flexibility index (Phi) is 4.55. The van der Waals surface area contributed by atoms with Gasteiger partial charge in [0.1, 0.15) is 6.54 Å². The molecular formula is C10H17NO4. The maximum absolute atomic E-state index is 11.4. The molecule has 1 fully saturated rings. The molecule has 1 amide bonds. The molecule has 1 heterocycles. The van der Waals surface area contributed by atoms with E-state index in [0.29, 0.717) is 12.8 Å². The number of hydrogen-bond acceptors (Lipinski definition) is 3. The topological polar surface area (TPSA) is 66.8 Å². The molecule has 1 saturated heterocycles. The van der Waals surface area contributed by atoms with Gasteiger partial charge in [0, 0.05) is 20.1 Å². The lowest BCUT2D eigenvalue weighted by molar-refractivity contribution is -0.143. The van der Waals surface area contributed by atoms with Crippen molar-refractivity contribution in [3.05, 3.63) is 0 Å². The van der Waals surface area contributed by atoms with Crippen LogP contribution in [0.2, 0.25) is 0 Å². The van der Waals surface area contributed by atoms with Crippen LogP contribution in [0.15, 0.2) is 0 Å². The summed E-state index contributed by atoms with van der Waals surface area (Å²) in [4.78, 5) is 23.0. The van der Waals surface area contributed by atoms with Crippen LogP contribution in [-0.2, 0) is 14.3 Å². The van der Waals surface area contributed by atoms with Gasteiger partial charge < -0.3 is 14.7 Å². The van der Waals surface area contributed by atoms with Gasteiger partial charge in [-0.3, -0.25) is 9.59 Å². The molecule has 5 nitrogen and oxygen atoms in total. The van der Waals surface area contributed by atoms with Crippen molar-refractivity contribution < 1.29 is 19.4 Å². The smallest absolute Gasteiger partial charge is 0.323 e. The van der Waals surface area contributed by atoms with Gasteiger partial charge in [0.15, 0.2) is 0 Å². The summed E-state index contributed by atoms with van der Waals surface area (Å²) in [6.45, 7) is 0.550. The minimum absolute atomic E-state index is 0.132. The van der Waals surface area contributed by atoms with Gasteiger partial charge in [0.05, 0.1) is 6.10 Å². The summed E-state index contributed by atoms with van der Waals surface area (Å²) in [5, 5.41) is 8.49.